The van der Waals surface area contributed by atoms with Gasteiger partial charge in [-0.1, -0.05) is 160 Å². The largest absolute Gasteiger partial charge is 0.464 e. The number of fused-ring (bicyclic) bond motifs is 4. The third-order valence-electron chi connectivity index (χ3n) is 10.4. The Labute approximate surface area is 312 Å². The van der Waals surface area contributed by atoms with Crippen LogP contribution in [0, 0.1) is 0 Å². The van der Waals surface area contributed by atoms with Gasteiger partial charge in [0, 0.05) is 27.5 Å². The average Bonchev–Trinajstić information content (AvgIpc) is 3.78. The zero-order chi connectivity index (χ0) is 39.1. The monoisotopic (exact) mass is 692 g/mol. The molecule has 9 rings (SSSR count). The summed E-state index contributed by atoms with van der Waals surface area (Å²) < 4.78 is 43.7. The molecule has 1 aliphatic rings. The maximum Gasteiger partial charge on any atom is 0.160 e. The lowest BCUT2D eigenvalue weighted by atomic mass is 9.82. The molecule has 0 N–H and O–H groups in total. The Balaban J connectivity index is 1.23. The predicted octanol–water partition coefficient (Wildman–Crippen LogP) is 12.4. The van der Waals surface area contributed by atoms with E-state index in [1.165, 1.54) is 10.8 Å². The highest BCUT2D eigenvalue weighted by Crippen LogP contribution is 2.52. The average molecular weight is 693 g/mol. The van der Waals surface area contributed by atoms with Crippen LogP contribution >= 0.6 is 0 Å². The van der Waals surface area contributed by atoms with Gasteiger partial charge in [0.15, 0.2) is 5.82 Å². The molecule has 252 valence electrons. The van der Waals surface area contributed by atoms with Gasteiger partial charge in [-0.05, 0) is 68.8 Å². The first kappa shape index (κ1) is 27.8. The lowest BCUT2D eigenvalue weighted by Gasteiger charge is -2.23. The number of benzene rings is 6. The summed E-state index contributed by atoms with van der Waals surface area (Å²) in [6, 6.07) is 40.0. The number of furan rings is 1. The molecule has 4 heteroatoms. The molecule has 0 unspecified atom stereocenters. The van der Waals surface area contributed by atoms with Crippen LogP contribution in [0.4, 0.5) is 0 Å². The molecule has 8 aromatic rings. The minimum absolute atomic E-state index is 0.0661. The van der Waals surface area contributed by atoms with Crippen LogP contribution in [-0.4, -0.2) is 18.0 Å². The maximum absolute atomic E-state index is 9.51. The van der Waals surface area contributed by atoms with Crippen molar-refractivity contribution in [3.05, 3.63) is 163 Å². The zero-order valence-corrected chi connectivity index (χ0v) is 30.9. The number of rotatable bonds is 6. The van der Waals surface area contributed by atoms with Crippen molar-refractivity contribution in [2.24, 2.45) is 0 Å². The summed E-state index contributed by atoms with van der Waals surface area (Å²) in [6.45, 7) is 11.4. The fraction of sp³-hybridized carbons (Fsp3) is 0.125. The van der Waals surface area contributed by atoms with Gasteiger partial charge in [-0.3, -0.25) is 0 Å². The third kappa shape index (κ3) is 5.42. The Kier molecular flexibility index (Phi) is 6.50. The number of aromatic nitrogens is 2. The smallest absolute Gasteiger partial charge is 0.160 e. The fourth-order valence-corrected chi connectivity index (χ4v) is 8.75. The molecular formula is C48H40N2OSi. The van der Waals surface area contributed by atoms with Gasteiger partial charge in [0.1, 0.15) is 5.58 Å². The standard InChI is InChI=1S/C48H40N2OSi/c1-48(2)41-25-24-36(52(3,4)5)29-40(41)46-38(17-10-18-42(46)48)31-20-22-33(23-21-31)47-49-43(32-12-7-6-8-13-32)30-44(50-47)35-15-9-14-34(28-35)37-16-11-19-45-39(37)26-27-51-45/h6-30H,1-5H3/i20D,21D,22D,23D. The summed E-state index contributed by atoms with van der Waals surface area (Å²) in [6.07, 6.45) is 1.69. The molecule has 2 heterocycles. The van der Waals surface area contributed by atoms with Crippen LogP contribution in [-0.2, 0) is 5.41 Å². The van der Waals surface area contributed by atoms with Crippen molar-refractivity contribution in [2.75, 3.05) is 0 Å². The predicted molar refractivity (Wildman–Crippen MR) is 220 cm³/mol. The molecule has 0 atom stereocenters. The van der Waals surface area contributed by atoms with Crippen molar-refractivity contribution < 1.29 is 9.90 Å². The SMILES string of the molecule is [2H]c1c([2H])c(-c2cccc3c2-c2cc([Si](C)(C)C)ccc2C3(C)C)c([2H])c([2H])c1-c1nc(-c2ccccc2)cc(-c2cccc(-c3cccc4occc34)c2)n1. The quantitative estimate of drug-likeness (QED) is 0.163. The van der Waals surface area contributed by atoms with Crippen molar-refractivity contribution in [3.63, 3.8) is 0 Å². The molecule has 52 heavy (non-hydrogen) atoms. The van der Waals surface area contributed by atoms with E-state index < -0.39 is 8.07 Å². The summed E-state index contributed by atoms with van der Waals surface area (Å²) in [4.78, 5) is 9.93. The molecule has 0 saturated carbocycles. The Hall–Kier alpha value is -5.84. The first-order chi connectivity index (χ1) is 26.8. The summed E-state index contributed by atoms with van der Waals surface area (Å²) in [5.74, 6) is 0.136. The molecule has 6 aromatic carbocycles. The normalized spacial score (nSPS) is 14.3. The lowest BCUT2D eigenvalue weighted by Crippen LogP contribution is -2.37. The first-order valence-corrected chi connectivity index (χ1v) is 21.2. The van der Waals surface area contributed by atoms with Crippen molar-refractivity contribution in [1.29, 1.82) is 0 Å². The fourth-order valence-electron chi connectivity index (χ4n) is 7.59. The minimum Gasteiger partial charge on any atom is -0.464 e. The highest BCUT2D eigenvalue weighted by atomic mass is 28.3. The van der Waals surface area contributed by atoms with E-state index in [9.17, 15) is 5.48 Å². The van der Waals surface area contributed by atoms with E-state index in [1.54, 1.807) is 6.26 Å². The van der Waals surface area contributed by atoms with Crippen LogP contribution in [0.1, 0.15) is 30.5 Å². The van der Waals surface area contributed by atoms with Crippen LogP contribution in [0.15, 0.2) is 156 Å². The van der Waals surface area contributed by atoms with Gasteiger partial charge in [-0.2, -0.15) is 0 Å². The molecular weight excluding hydrogens is 649 g/mol. The first-order valence-electron chi connectivity index (χ1n) is 19.7. The van der Waals surface area contributed by atoms with E-state index >= 15 is 0 Å². The van der Waals surface area contributed by atoms with Gasteiger partial charge in [0.25, 0.3) is 0 Å². The Morgan fingerprint density at radius 3 is 2.02 bits per heavy atom. The highest BCUT2D eigenvalue weighted by Gasteiger charge is 2.37. The van der Waals surface area contributed by atoms with Gasteiger partial charge in [0.2, 0.25) is 0 Å². The van der Waals surface area contributed by atoms with E-state index in [4.69, 9.17) is 14.4 Å². The molecule has 0 amide bonds. The van der Waals surface area contributed by atoms with Crippen molar-refractivity contribution in [2.45, 2.75) is 38.9 Å². The second-order valence-corrected chi connectivity index (χ2v) is 20.2. The summed E-state index contributed by atoms with van der Waals surface area (Å²) in [5, 5.41) is 2.34. The van der Waals surface area contributed by atoms with E-state index in [1.807, 2.05) is 78.9 Å². The van der Waals surface area contributed by atoms with Crippen LogP contribution < -0.4 is 5.19 Å². The van der Waals surface area contributed by atoms with Crippen LogP contribution in [0.25, 0.3) is 78.3 Å². The lowest BCUT2D eigenvalue weighted by molar-refractivity contribution is 0.616. The van der Waals surface area contributed by atoms with Gasteiger partial charge < -0.3 is 4.42 Å². The number of hydrogen-bond acceptors (Lipinski definition) is 3. The molecule has 3 nitrogen and oxygen atoms in total. The Morgan fingerprint density at radius 2 is 1.23 bits per heavy atom. The van der Waals surface area contributed by atoms with Crippen LogP contribution in [0.5, 0.6) is 0 Å². The van der Waals surface area contributed by atoms with Crippen LogP contribution in [0.2, 0.25) is 19.6 Å². The van der Waals surface area contributed by atoms with Crippen molar-refractivity contribution >= 4 is 24.2 Å². The molecule has 0 radical (unpaired) electrons. The molecule has 0 spiro atoms. The molecule has 0 bridgehead atoms. The van der Waals surface area contributed by atoms with Crippen LogP contribution in [0.3, 0.4) is 0 Å². The number of nitrogens with zero attached hydrogens (tertiary/aromatic N) is 2. The summed E-state index contributed by atoms with van der Waals surface area (Å²) in [5.41, 5.74) is 10.9. The molecule has 0 fully saturated rings. The van der Waals surface area contributed by atoms with Crippen molar-refractivity contribution in [3.8, 4) is 67.3 Å². The summed E-state index contributed by atoms with van der Waals surface area (Å²) >= 11 is 0. The molecule has 1 aliphatic carbocycles. The van der Waals surface area contributed by atoms with E-state index in [0.717, 1.165) is 49.9 Å². The molecule has 0 aliphatic heterocycles. The van der Waals surface area contributed by atoms with Crippen molar-refractivity contribution in [1.82, 2.24) is 9.97 Å². The highest BCUT2D eigenvalue weighted by molar-refractivity contribution is 6.88. The topological polar surface area (TPSA) is 38.9 Å². The van der Waals surface area contributed by atoms with E-state index in [0.29, 0.717) is 17.0 Å². The van der Waals surface area contributed by atoms with Gasteiger partial charge in [0.05, 0.1) is 31.2 Å². The summed E-state index contributed by atoms with van der Waals surface area (Å²) in [7, 11) is -1.66. The van der Waals surface area contributed by atoms with Gasteiger partial charge in [-0.15, -0.1) is 0 Å². The number of hydrogen-bond donors (Lipinski definition) is 0. The molecule has 0 saturated heterocycles. The Bertz CT molecular complexity index is 2850. The minimum atomic E-state index is -1.66. The van der Waals surface area contributed by atoms with Gasteiger partial charge in [-0.25, -0.2) is 9.97 Å². The third-order valence-corrected chi connectivity index (χ3v) is 12.5. The maximum atomic E-state index is 9.51. The Morgan fingerprint density at radius 1 is 0.558 bits per heavy atom. The zero-order valence-electron chi connectivity index (χ0n) is 33.9. The molecule has 2 aromatic heterocycles. The van der Waals surface area contributed by atoms with E-state index in [-0.39, 0.29) is 46.5 Å². The second kappa shape index (κ2) is 12.1. The van der Waals surface area contributed by atoms with E-state index in [2.05, 4.69) is 76.0 Å². The van der Waals surface area contributed by atoms with Gasteiger partial charge >= 0.3 is 0 Å². The second-order valence-electron chi connectivity index (χ2n) is 15.2.